The number of rotatable bonds is 4. The highest BCUT2D eigenvalue weighted by molar-refractivity contribution is 7.52. The Balaban J connectivity index is 3.67. The summed E-state index contributed by atoms with van der Waals surface area (Å²) in [6.45, 7) is 1.84. The van der Waals surface area contributed by atoms with E-state index in [4.69, 9.17) is 10.2 Å². The van der Waals surface area contributed by atoms with E-state index in [2.05, 4.69) is 4.52 Å². The molecule has 0 saturated heterocycles. The predicted octanol–water partition coefficient (Wildman–Crippen LogP) is 1.12. The normalized spacial score (nSPS) is 15.7. The van der Waals surface area contributed by atoms with Crippen molar-refractivity contribution in [3.8, 4) is 6.07 Å². The lowest BCUT2D eigenvalue weighted by atomic mass is 10.6. The molecule has 0 aromatic heterocycles. The third-order valence-corrected chi connectivity index (χ3v) is 2.29. The summed E-state index contributed by atoms with van der Waals surface area (Å²) in [7, 11) is -3.43. The quantitative estimate of drug-likeness (QED) is 0.630. The van der Waals surface area contributed by atoms with Crippen molar-refractivity contribution in [2.75, 3.05) is 12.8 Å². The Morgan fingerprint density at radius 3 is 2.80 bits per heavy atom. The average Bonchev–Trinajstić information content (AvgIpc) is 1.84. The lowest BCUT2D eigenvalue weighted by Gasteiger charge is -2.06. The van der Waals surface area contributed by atoms with Crippen LogP contribution in [0.15, 0.2) is 0 Å². The minimum Gasteiger partial charge on any atom is -0.324 e. The largest absolute Gasteiger partial charge is 0.329 e. The molecule has 4 nitrogen and oxygen atoms in total. The van der Waals surface area contributed by atoms with Crippen LogP contribution >= 0.6 is 7.60 Å². The average molecular weight is 163 g/mol. The first-order valence-electron chi connectivity index (χ1n) is 2.95. The Morgan fingerprint density at radius 2 is 2.40 bits per heavy atom. The fraction of sp³-hybridized carbons (Fsp3) is 0.800. The molecule has 0 aliphatic heterocycles. The van der Waals surface area contributed by atoms with E-state index in [-0.39, 0.29) is 19.2 Å². The van der Waals surface area contributed by atoms with E-state index in [1.807, 2.05) is 0 Å². The second-order valence-electron chi connectivity index (χ2n) is 1.69. The van der Waals surface area contributed by atoms with Gasteiger partial charge in [-0.3, -0.25) is 4.57 Å². The van der Waals surface area contributed by atoms with Crippen molar-refractivity contribution in [2.45, 2.75) is 13.3 Å². The fourth-order valence-electron chi connectivity index (χ4n) is 0.458. The molecule has 0 radical (unpaired) electrons. The summed E-state index contributed by atoms with van der Waals surface area (Å²) in [5.74, 6) is 0. The Bertz CT molecular complexity index is 174. The van der Waals surface area contributed by atoms with Crippen molar-refractivity contribution in [3.63, 3.8) is 0 Å². The molecule has 1 N–H and O–H groups in total. The molecule has 0 aliphatic rings. The second-order valence-corrected chi connectivity index (χ2v) is 3.67. The van der Waals surface area contributed by atoms with Crippen LogP contribution in [0.4, 0.5) is 0 Å². The van der Waals surface area contributed by atoms with Gasteiger partial charge in [0.1, 0.15) is 0 Å². The summed E-state index contributed by atoms with van der Waals surface area (Å²) in [6.07, 6.45) is -0.00881. The van der Waals surface area contributed by atoms with Crippen LogP contribution in [0.5, 0.6) is 0 Å². The zero-order chi connectivity index (χ0) is 8.04. The molecule has 0 rings (SSSR count). The van der Waals surface area contributed by atoms with Crippen LogP contribution in [0.1, 0.15) is 13.3 Å². The molecule has 10 heavy (non-hydrogen) atoms. The van der Waals surface area contributed by atoms with Crippen molar-refractivity contribution in [2.24, 2.45) is 0 Å². The first-order chi connectivity index (χ1) is 4.62. The van der Waals surface area contributed by atoms with Crippen molar-refractivity contribution >= 4 is 7.60 Å². The van der Waals surface area contributed by atoms with Crippen molar-refractivity contribution in [1.82, 2.24) is 0 Å². The van der Waals surface area contributed by atoms with Crippen molar-refractivity contribution in [1.29, 1.82) is 5.26 Å². The van der Waals surface area contributed by atoms with Gasteiger partial charge in [0, 0.05) is 6.42 Å². The Morgan fingerprint density at radius 1 is 1.80 bits per heavy atom. The molecule has 0 saturated carbocycles. The van der Waals surface area contributed by atoms with Crippen LogP contribution in [-0.2, 0) is 9.09 Å². The summed E-state index contributed by atoms with van der Waals surface area (Å²) in [5, 5.41) is 8.06. The molecule has 0 aromatic carbocycles. The van der Waals surface area contributed by atoms with Gasteiger partial charge in [0.2, 0.25) is 0 Å². The second kappa shape index (κ2) is 4.45. The Hall–Kier alpha value is -0.360. The maximum atomic E-state index is 10.8. The molecule has 1 atom stereocenters. The van der Waals surface area contributed by atoms with Crippen LogP contribution in [0.2, 0.25) is 0 Å². The molecular formula is C5H10NO3P. The van der Waals surface area contributed by atoms with Crippen LogP contribution in [0, 0.1) is 11.3 Å². The fourth-order valence-corrected chi connectivity index (χ4v) is 1.37. The van der Waals surface area contributed by atoms with E-state index in [0.29, 0.717) is 0 Å². The maximum absolute atomic E-state index is 10.8. The summed E-state index contributed by atoms with van der Waals surface area (Å²) < 4.78 is 15.2. The van der Waals surface area contributed by atoms with E-state index < -0.39 is 7.60 Å². The molecule has 0 bridgehead atoms. The molecule has 0 aromatic rings. The Kier molecular flexibility index (Phi) is 4.29. The highest BCUT2D eigenvalue weighted by Gasteiger charge is 2.16. The molecule has 58 valence electrons. The lowest BCUT2D eigenvalue weighted by Crippen LogP contribution is -1.92. The number of hydrogen-bond donors (Lipinski definition) is 1. The van der Waals surface area contributed by atoms with Gasteiger partial charge >= 0.3 is 7.60 Å². The molecule has 0 spiro atoms. The number of hydrogen-bond acceptors (Lipinski definition) is 3. The predicted molar refractivity (Wildman–Crippen MR) is 36.5 cm³/mol. The zero-order valence-electron chi connectivity index (χ0n) is 5.78. The van der Waals surface area contributed by atoms with Gasteiger partial charge in [-0.2, -0.15) is 5.26 Å². The number of nitriles is 1. The summed E-state index contributed by atoms with van der Waals surface area (Å²) in [5.41, 5.74) is 0. The van der Waals surface area contributed by atoms with Gasteiger partial charge in [-0.05, 0) is 6.92 Å². The van der Waals surface area contributed by atoms with Gasteiger partial charge in [-0.25, -0.2) is 0 Å². The van der Waals surface area contributed by atoms with Crippen LogP contribution in [0.25, 0.3) is 0 Å². The first-order valence-corrected chi connectivity index (χ1v) is 4.72. The molecule has 0 aliphatic carbocycles. The van der Waals surface area contributed by atoms with Crippen LogP contribution < -0.4 is 0 Å². The molecule has 0 heterocycles. The first kappa shape index (κ1) is 9.64. The molecule has 5 heteroatoms. The van der Waals surface area contributed by atoms with E-state index in [9.17, 15) is 4.57 Å². The van der Waals surface area contributed by atoms with E-state index in [1.54, 1.807) is 13.0 Å². The van der Waals surface area contributed by atoms with Crippen molar-refractivity contribution < 1.29 is 14.0 Å². The molecule has 0 amide bonds. The van der Waals surface area contributed by atoms with E-state index in [1.165, 1.54) is 0 Å². The minimum atomic E-state index is -3.43. The maximum Gasteiger partial charge on any atom is 0.329 e. The Labute approximate surface area is 60.0 Å². The zero-order valence-corrected chi connectivity index (χ0v) is 6.67. The summed E-state index contributed by atoms with van der Waals surface area (Å²) in [4.78, 5) is 8.83. The van der Waals surface area contributed by atoms with Gasteiger partial charge < -0.3 is 9.42 Å². The van der Waals surface area contributed by atoms with E-state index >= 15 is 0 Å². The number of nitrogens with zero attached hydrogens (tertiary/aromatic N) is 1. The lowest BCUT2D eigenvalue weighted by molar-refractivity contribution is 0.274. The van der Waals surface area contributed by atoms with Gasteiger partial charge in [0.25, 0.3) is 0 Å². The van der Waals surface area contributed by atoms with Gasteiger partial charge in [-0.15, -0.1) is 0 Å². The van der Waals surface area contributed by atoms with Crippen molar-refractivity contribution in [3.05, 3.63) is 0 Å². The molecular weight excluding hydrogens is 153 g/mol. The van der Waals surface area contributed by atoms with Crippen LogP contribution in [0.3, 0.4) is 0 Å². The van der Waals surface area contributed by atoms with Gasteiger partial charge in [0.15, 0.2) is 0 Å². The standard InChI is InChI=1S/C5H10NO3P/c1-2-9-10(7,8)5-3-4-6/h2-3,5H2,1H3,(H,7,8). The third-order valence-electron chi connectivity index (χ3n) is 0.837. The monoisotopic (exact) mass is 163 g/mol. The van der Waals surface area contributed by atoms with E-state index in [0.717, 1.165) is 0 Å². The highest BCUT2D eigenvalue weighted by atomic mass is 31.2. The van der Waals surface area contributed by atoms with Gasteiger partial charge in [0.05, 0.1) is 18.8 Å². The summed E-state index contributed by atoms with van der Waals surface area (Å²) >= 11 is 0. The van der Waals surface area contributed by atoms with Crippen LogP contribution in [-0.4, -0.2) is 17.7 Å². The smallest absolute Gasteiger partial charge is 0.324 e. The molecule has 0 fully saturated rings. The van der Waals surface area contributed by atoms with Gasteiger partial charge in [-0.1, -0.05) is 0 Å². The molecule has 1 unspecified atom stereocenters. The minimum absolute atomic E-state index is 0.0633. The third kappa shape index (κ3) is 4.51. The topological polar surface area (TPSA) is 70.3 Å². The highest BCUT2D eigenvalue weighted by Crippen LogP contribution is 2.41. The summed E-state index contributed by atoms with van der Waals surface area (Å²) in [6, 6.07) is 1.77. The SMILES string of the molecule is CCOP(=O)(O)CCC#N.